The Balaban J connectivity index is 1.26. The summed E-state index contributed by atoms with van der Waals surface area (Å²) in [6.07, 6.45) is 31.5. The zero-order valence-electron chi connectivity index (χ0n) is 50.9. The minimum Gasteiger partial charge on any atom is -0.362 e. The highest BCUT2D eigenvalue weighted by Gasteiger charge is 2.56. The minimum atomic E-state index is -0.380. The first-order valence-electron chi connectivity index (χ1n) is 30.0. The maximum Gasteiger partial charge on any atom is 0.0817 e. The van der Waals surface area contributed by atoms with Crippen LogP contribution in [0.3, 0.4) is 0 Å². The number of anilines is 1. The van der Waals surface area contributed by atoms with E-state index in [0.717, 1.165) is 37.7 Å². The van der Waals surface area contributed by atoms with Gasteiger partial charge in [-0.05, 0) is 189 Å². The summed E-state index contributed by atoms with van der Waals surface area (Å²) < 4.78 is 2.77. The van der Waals surface area contributed by atoms with Gasteiger partial charge >= 0.3 is 0 Å². The van der Waals surface area contributed by atoms with Crippen molar-refractivity contribution in [1.82, 2.24) is 9.88 Å². The fourth-order valence-electron chi connectivity index (χ4n) is 14.7. The van der Waals surface area contributed by atoms with Crippen molar-refractivity contribution in [3.05, 3.63) is 135 Å². The van der Waals surface area contributed by atoms with Crippen molar-refractivity contribution >= 4 is 11.8 Å². The number of benzene rings is 2. The van der Waals surface area contributed by atoms with Crippen LogP contribution in [0.15, 0.2) is 96.1 Å². The number of nitrogens with one attached hydrogen (secondary N) is 1. The largest absolute Gasteiger partial charge is 0.362 e. The first-order valence-corrected chi connectivity index (χ1v) is 30.0. The van der Waals surface area contributed by atoms with E-state index in [1.807, 2.05) is 0 Å². The number of rotatable bonds is 8. The molecule has 1 aliphatic heterocycles. The molecule has 0 radical (unpaired) electrons. The topological polar surface area (TPSA) is 46.2 Å². The lowest BCUT2D eigenvalue weighted by Crippen LogP contribution is -2.46. The van der Waals surface area contributed by atoms with Crippen molar-refractivity contribution in [2.24, 2.45) is 67.8 Å². The first-order chi connectivity index (χ1) is 34.7. The van der Waals surface area contributed by atoms with Gasteiger partial charge in [-0.25, -0.2) is 0 Å². The van der Waals surface area contributed by atoms with Crippen LogP contribution in [0.25, 0.3) is 11.8 Å². The molecular formula is C71H104N4. The van der Waals surface area contributed by atoms with Crippen molar-refractivity contribution in [2.75, 3.05) is 4.90 Å². The van der Waals surface area contributed by atoms with Gasteiger partial charge in [0, 0.05) is 23.1 Å². The third-order valence-corrected chi connectivity index (χ3v) is 20.8. The molecule has 0 spiro atoms. The molecule has 3 N–H and O–H groups in total. The molecule has 4 nitrogen and oxygen atoms in total. The number of hydrogen-bond acceptors (Lipinski definition) is 3. The Morgan fingerprint density at radius 3 is 1.99 bits per heavy atom. The number of nitrogens with two attached hydrogens (primary N) is 1. The molecule has 0 amide bonds. The van der Waals surface area contributed by atoms with E-state index in [1.165, 1.54) is 77.1 Å². The van der Waals surface area contributed by atoms with Crippen LogP contribution < -0.4 is 16.0 Å². The SMILES string of the molecule is CC(C)(C)C1=CC=C(/C=C/[C@H](NC(N)c2ccc(C(C)(C)C)cc2)c2cc(N3C4CCC(C)(C(C)(C)C)CC4[C@@H]4CC(C(C)(C)C)C=CC43)ccc2-n2c3c(c4c2CCC(C(C)(C)C)C4)CC(C(C)(C)C)C=C3)CC1. The molecule has 75 heavy (non-hydrogen) atoms. The zero-order valence-corrected chi connectivity index (χ0v) is 50.9. The minimum absolute atomic E-state index is 0.0629. The molecule has 0 bridgehead atoms. The summed E-state index contributed by atoms with van der Waals surface area (Å²) in [5.41, 5.74) is 24.5. The molecule has 6 aliphatic rings. The van der Waals surface area contributed by atoms with E-state index in [0.29, 0.717) is 47.1 Å². The molecule has 2 fully saturated rings. The van der Waals surface area contributed by atoms with Gasteiger partial charge < -0.3 is 15.2 Å². The molecule has 5 aliphatic carbocycles. The summed E-state index contributed by atoms with van der Waals surface area (Å²) in [5, 5.41) is 4.16. The Bertz CT molecular complexity index is 2720. The number of hydrogen-bond donors (Lipinski definition) is 2. The predicted molar refractivity (Wildman–Crippen MR) is 324 cm³/mol. The van der Waals surface area contributed by atoms with Gasteiger partial charge in [0.25, 0.3) is 0 Å². The van der Waals surface area contributed by atoms with Crippen molar-refractivity contribution in [3.8, 4) is 5.69 Å². The lowest BCUT2D eigenvalue weighted by Gasteiger charge is -2.50. The van der Waals surface area contributed by atoms with Crippen molar-refractivity contribution in [3.63, 3.8) is 0 Å². The molecule has 8 unspecified atom stereocenters. The molecule has 10 atom stereocenters. The summed E-state index contributed by atoms with van der Waals surface area (Å²) in [4.78, 5) is 2.96. The monoisotopic (exact) mass is 1010 g/mol. The van der Waals surface area contributed by atoms with E-state index in [2.05, 4.69) is 237 Å². The highest BCUT2D eigenvalue weighted by atomic mass is 15.2. The number of allylic oxidation sites excluding steroid dienone is 7. The number of aromatic nitrogens is 1. The fourth-order valence-corrected chi connectivity index (χ4v) is 14.7. The third kappa shape index (κ3) is 11.1. The van der Waals surface area contributed by atoms with Crippen molar-refractivity contribution in [2.45, 2.75) is 225 Å². The Morgan fingerprint density at radius 2 is 1.39 bits per heavy atom. The maximum atomic E-state index is 7.51. The Hall–Kier alpha value is -3.86. The highest BCUT2D eigenvalue weighted by Crippen LogP contribution is 2.60. The Morgan fingerprint density at radius 1 is 0.693 bits per heavy atom. The lowest BCUT2D eigenvalue weighted by molar-refractivity contribution is 0.0153. The second-order valence-electron chi connectivity index (χ2n) is 31.7. The quantitative estimate of drug-likeness (QED) is 0.175. The van der Waals surface area contributed by atoms with E-state index >= 15 is 0 Å². The van der Waals surface area contributed by atoms with E-state index < -0.39 is 0 Å². The van der Waals surface area contributed by atoms with Crippen LogP contribution in [0.4, 0.5) is 5.69 Å². The van der Waals surface area contributed by atoms with E-state index in [-0.39, 0.29) is 44.7 Å². The summed E-state index contributed by atoms with van der Waals surface area (Å²) in [6, 6.07) is 17.6. The lowest BCUT2D eigenvalue weighted by atomic mass is 9.55. The predicted octanol–water partition coefficient (Wildman–Crippen LogP) is 18.3. The van der Waals surface area contributed by atoms with Gasteiger partial charge in [-0.1, -0.05) is 204 Å². The van der Waals surface area contributed by atoms with Crippen LogP contribution in [0.1, 0.15) is 228 Å². The summed E-state index contributed by atoms with van der Waals surface area (Å²) in [5.74, 6) is 2.99. The molecule has 1 saturated carbocycles. The number of fused-ring (bicyclic) bond motifs is 6. The Labute approximate surface area is 458 Å². The standard InChI is InChI=1S/C71H104N4/c1-65(2,3)47-25-20-45(21-26-47)22-33-58(73-64(72)46-23-27-48(28-24-46)66(4,5)6)56-43-52(74-59-34-29-51(69(13,14)15)42-55(59)57-44-71(19,70(16,17)18)39-38-63(57)74)32-37-62(56)75-60-35-30-49(67(7,8)9)40-53(60)54-41-50(68(10,11)12)31-36-61(54)75/h20,22-25,27-30,32-35,37,43,49-51,55,57-59,63-64,73H,21,26,31,36,38-42,44,72H2,1-19H3/b33-22+/t49?,50?,51?,55-,57?,58-,59?,63?,64?,71?/m0/s1. The second-order valence-corrected chi connectivity index (χ2v) is 31.7. The molecule has 1 saturated heterocycles. The van der Waals surface area contributed by atoms with Crippen LogP contribution in [0, 0.1) is 62.1 Å². The van der Waals surface area contributed by atoms with Gasteiger partial charge in [0.2, 0.25) is 0 Å². The average molecular weight is 1010 g/mol. The summed E-state index contributed by atoms with van der Waals surface area (Å²) >= 11 is 0. The van der Waals surface area contributed by atoms with Crippen LogP contribution in [0.5, 0.6) is 0 Å². The van der Waals surface area contributed by atoms with Gasteiger partial charge in [0.05, 0.1) is 23.9 Å². The summed E-state index contributed by atoms with van der Waals surface area (Å²) in [6.45, 7) is 46.2. The van der Waals surface area contributed by atoms with Crippen LogP contribution in [-0.4, -0.2) is 16.7 Å². The molecule has 2 aromatic carbocycles. The fraction of sp³-hybridized carbons (Fsp3) is 0.634. The normalized spacial score (nSPS) is 28.4. The van der Waals surface area contributed by atoms with Gasteiger partial charge in [-0.3, -0.25) is 5.32 Å². The maximum absolute atomic E-state index is 7.51. The smallest absolute Gasteiger partial charge is 0.0817 e. The highest BCUT2D eigenvalue weighted by molar-refractivity contribution is 5.68. The Kier molecular flexibility index (Phi) is 14.8. The van der Waals surface area contributed by atoms with E-state index in [1.54, 1.807) is 11.1 Å². The molecule has 1 aromatic heterocycles. The first kappa shape index (κ1) is 55.9. The van der Waals surface area contributed by atoms with Crippen LogP contribution in [-0.2, 0) is 24.7 Å². The van der Waals surface area contributed by atoms with Crippen LogP contribution >= 0.6 is 0 Å². The van der Waals surface area contributed by atoms with Gasteiger partial charge in [-0.2, -0.15) is 0 Å². The molecule has 408 valence electrons. The van der Waals surface area contributed by atoms with Crippen molar-refractivity contribution in [1.29, 1.82) is 0 Å². The second kappa shape index (κ2) is 19.8. The molecule has 9 rings (SSSR count). The number of nitrogens with zero attached hydrogens (tertiary/aromatic N) is 2. The molecular weight excluding hydrogens is 909 g/mol. The van der Waals surface area contributed by atoms with E-state index in [4.69, 9.17) is 5.73 Å². The average Bonchev–Trinajstić information content (AvgIpc) is 3.82. The van der Waals surface area contributed by atoms with Crippen molar-refractivity contribution < 1.29 is 0 Å². The zero-order chi connectivity index (χ0) is 54.6. The summed E-state index contributed by atoms with van der Waals surface area (Å²) in [7, 11) is 0. The van der Waals surface area contributed by atoms with Gasteiger partial charge in [-0.15, -0.1) is 0 Å². The van der Waals surface area contributed by atoms with Gasteiger partial charge in [0.1, 0.15) is 0 Å². The molecule has 2 heterocycles. The van der Waals surface area contributed by atoms with E-state index in [9.17, 15) is 0 Å². The molecule has 4 heteroatoms. The van der Waals surface area contributed by atoms with Gasteiger partial charge in [0.15, 0.2) is 0 Å². The molecule has 3 aromatic rings. The third-order valence-electron chi connectivity index (χ3n) is 20.8. The van der Waals surface area contributed by atoms with Crippen LogP contribution in [0.2, 0.25) is 0 Å².